The zero-order chi connectivity index (χ0) is 16.0. The van der Waals surface area contributed by atoms with Crippen LogP contribution in [0, 0.1) is 0 Å². The summed E-state index contributed by atoms with van der Waals surface area (Å²) >= 11 is 6.14. The standard InChI is InChI=1S/C18H11ClN2O2/c19-15-16(18(23)13-4-2-1-3-12(13)17(15)22)21-11-5-6-14-10(9-11)7-8-20-14/h1-9,20-21H. The molecule has 2 N–H and O–H groups in total. The fourth-order valence-electron chi connectivity index (χ4n) is 2.73. The van der Waals surface area contributed by atoms with E-state index in [1.54, 1.807) is 24.3 Å². The maximum atomic E-state index is 12.6. The number of rotatable bonds is 2. The van der Waals surface area contributed by atoms with Crippen molar-refractivity contribution in [3.63, 3.8) is 0 Å². The van der Waals surface area contributed by atoms with Crippen LogP contribution in [0.4, 0.5) is 5.69 Å². The highest BCUT2D eigenvalue weighted by Crippen LogP contribution is 2.30. The Labute approximate surface area is 136 Å². The fourth-order valence-corrected chi connectivity index (χ4v) is 2.97. The number of allylic oxidation sites excluding steroid dienone is 2. The summed E-state index contributed by atoms with van der Waals surface area (Å²) in [5.41, 5.74) is 2.52. The predicted octanol–water partition coefficient (Wildman–Crippen LogP) is 4.11. The molecule has 0 amide bonds. The molecular formula is C18H11ClN2O2. The number of H-pyrrole nitrogens is 1. The molecule has 23 heavy (non-hydrogen) atoms. The SMILES string of the molecule is O=C1C(Cl)=C(Nc2ccc3[nH]ccc3c2)C(=O)c2ccccc21. The molecule has 0 fully saturated rings. The van der Waals surface area contributed by atoms with E-state index in [1.165, 1.54) is 0 Å². The molecule has 0 bridgehead atoms. The lowest BCUT2D eigenvalue weighted by Crippen LogP contribution is -2.24. The van der Waals surface area contributed by atoms with Crippen LogP contribution in [-0.2, 0) is 0 Å². The molecule has 1 aromatic heterocycles. The Kier molecular flexibility index (Phi) is 3.06. The average Bonchev–Trinajstić information content (AvgIpc) is 3.04. The quantitative estimate of drug-likeness (QED) is 0.746. The van der Waals surface area contributed by atoms with E-state index in [0.717, 1.165) is 10.9 Å². The zero-order valence-corrected chi connectivity index (χ0v) is 12.6. The van der Waals surface area contributed by atoms with E-state index in [-0.39, 0.29) is 22.3 Å². The number of halogens is 1. The molecule has 0 aliphatic heterocycles. The van der Waals surface area contributed by atoms with Gasteiger partial charge in [0, 0.05) is 33.9 Å². The number of aromatic amines is 1. The third-order valence-electron chi connectivity index (χ3n) is 3.88. The lowest BCUT2D eigenvalue weighted by Gasteiger charge is -2.19. The first-order valence-electron chi connectivity index (χ1n) is 7.07. The number of hydrogen-bond donors (Lipinski definition) is 2. The van der Waals surface area contributed by atoms with Gasteiger partial charge < -0.3 is 10.3 Å². The van der Waals surface area contributed by atoms with E-state index < -0.39 is 0 Å². The van der Waals surface area contributed by atoms with Crippen molar-refractivity contribution in [2.75, 3.05) is 5.32 Å². The van der Waals surface area contributed by atoms with Crippen LogP contribution in [0.1, 0.15) is 20.7 Å². The van der Waals surface area contributed by atoms with E-state index >= 15 is 0 Å². The van der Waals surface area contributed by atoms with Crippen LogP contribution in [0.15, 0.2) is 65.5 Å². The van der Waals surface area contributed by atoms with Crippen molar-refractivity contribution in [1.29, 1.82) is 0 Å². The third-order valence-corrected chi connectivity index (χ3v) is 4.25. The first-order chi connectivity index (χ1) is 11.1. The molecule has 4 nitrogen and oxygen atoms in total. The van der Waals surface area contributed by atoms with Gasteiger partial charge in [-0.2, -0.15) is 0 Å². The number of fused-ring (bicyclic) bond motifs is 2. The number of nitrogens with one attached hydrogen (secondary N) is 2. The second kappa shape index (κ2) is 5.11. The molecule has 3 aromatic rings. The maximum Gasteiger partial charge on any atom is 0.211 e. The van der Waals surface area contributed by atoms with Crippen LogP contribution in [0.3, 0.4) is 0 Å². The van der Waals surface area contributed by atoms with Crippen molar-refractivity contribution in [1.82, 2.24) is 4.98 Å². The summed E-state index contributed by atoms with van der Waals surface area (Å²) in [6.07, 6.45) is 1.84. The minimum atomic E-state index is -0.341. The van der Waals surface area contributed by atoms with Crippen LogP contribution < -0.4 is 5.32 Å². The minimum absolute atomic E-state index is 0.0807. The van der Waals surface area contributed by atoms with Gasteiger partial charge in [-0.1, -0.05) is 35.9 Å². The van der Waals surface area contributed by atoms with Gasteiger partial charge in [0.05, 0.1) is 0 Å². The first-order valence-corrected chi connectivity index (χ1v) is 7.45. The topological polar surface area (TPSA) is 62.0 Å². The summed E-state index contributed by atoms with van der Waals surface area (Å²) in [4.78, 5) is 28.1. The average molecular weight is 323 g/mol. The van der Waals surface area contributed by atoms with Crippen molar-refractivity contribution >= 4 is 39.8 Å². The predicted molar refractivity (Wildman–Crippen MR) is 89.9 cm³/mol. The summed E-state index contributed by atoms with van der Waals surface area (Å²) in [5, 5.41) is 3.92. The second-order valence-electron chi connectivity index (χ2n) is 5.30. The van der Waals surface area contributed by atoms with Crippen molar-refractivity contribution < 1.29 is 9.59 Å². The Balaban J connectivity index is 1.77. The molecule has 0 saturated heterocycles. The van der Waals surface area contributed by atoms with Crippen molar-refractivity contribution in [2.45, 2.75) is 0 Å². The molecule has 4 rings (SSSR count). The summed E-state index contributed by atoms with van der Waals surface area (Å²) < 4.78 is 0. The normalized spacial score (nSPS) is 14.3. The summed E-state index contributed by atoms with van der Waals surface area (Å²) in [6.45, 7) is 0. The van der Waals surface area contributed by atoms with Gasteiger partial charge in [0.1, 0.15) is 10.7 Å². The summed E-state index contributed by atoms with van der Waals surface area (Å²) in [5.74, 6) is -0.619. The Hall–Kier alpha value is -2.85. The van der Waals surface area contributed by atoms with Crippen LogP contribution >= 0.6 is 11.6 Å². The van der Waals surface area contributed by atoms with Crippen LogP contribution in [0.5, 0.6) is 0 Å². The molecule has 1 aliphatic rings. The van der Waals surface area contributed by atoms with Crippen LogP contribution in [-0.4, -0.2) is 16.6 Å². The number of Topliss-reactive ketones (excluding diaryl/α,β-unsaturated/α-hetero) is 2. The van der Waals surface area contributed by atoms with Gasteiger partial charge in [-0.25, -0.2) is 0 Å². The Bertz CT molecular complexity index is 1000. The second-order valence-corrected chi connectivity index (χ2v) is 5.68. The van der Waals surface area contributed by atoms with Gasteiger partial charge in [-0.05, 0) is 24.3 Å². The number of hydrogen-bond acceptors (Lipinski definition) is 3. The molecule has 0 radical (unpaired) electrons. The lowest BCUT2D eigenvalue weighted by molar-refractivity contribution is 0.0982. The molecule has 0 atom stereocenters. The van der Waals surface area contributed by atoms with E-state index in [1.807, 2.05) is 30.5 Å². The Morgan fingerprint density at radius 1 is 0.913 bits per heavy atom. The number of carbonyl (C=O) groups is 2. The zero-order valence-electron chi connectivity index (χ0n) is 11.9. The van der Waals surface area contributed by atoms with E-state index in [4.69, 9.17) is 11.6 Å². The van der Waals surface area contributed by atoms with Gasteiger partial charge in [-0.3, -0.25) is 9.59 Å². The molecule has 2 aromatic carbocycles. The van der Waals surface area contributed by atoms with Crippen molar-refractivity contribution in [3.8, 4) is 0 Å². The maximum absolute atomic E-state index is 12.6. The Morgan fingerprint density at radius 2 is 1.65 bits per heavy atom. The summed E-state index contributed by atoms with van der Waals surface area (Å²) in [6, 6.07) is 14.2. The van der Waals surface area contributed by atoms with Crippen molar-refractivity contribution in [2.24, 2.45) is 0 Å². The van der Waals surface area contributed by atoms with Crippen molar-refractivity contribution in [3.05, 3.63) is 76.6 Å². The van der Waals surface area contributed by atoms with Gasteiger partial charge >= 0.3 is 0 Å². The molecular weight excluding hydrogens is 312 g/mol. The lowest BCUT2D eigenvalue weighted by atomic mass is 9.92. The smallest absolute Gasteiger partial charge is 0.211 e. The number of ketones is 2. The Morgan fingerprint density at radius 3 is 2.43 bits per heavy atom. The summed E-state index contributed by atoms with van der Waals surface area (Å²) in [7, 11) is 0. The van der Waals surface area contributed by atoms with Gasteiger partial charge in [0.25, 0.3) is 0 Å². The minimum Gasteiger partial charge on any atom is -0.361 e. The molecule has 5 heteroatoms. The number of benzene rings is 2. The number of carbonyl (C=O) groups excluding carboxylic acids is 2. The highest BCUT2D eigenvalue weighted by atomic mass is 35.5. The van der Waals surface area contributed by atoms with E-state index in [9.17, 15) is 9.59 Å². The highest BCUT2D eigenvalue weighted by molar-refractivity contribution is 6.50. The fraction of sp³-hybridized carbons (Fsp3) is 0. The van der Waals surface area contributed by atoms with Gasteiger partial charge in [0.2, 0.25) is 11.6 Å². The molecule has 1 heterocycles. The molecule has 112 valence electrons. The van der Waals surface area contributed by atoms with E-state index in [2.05, 4.69) is 10.3 Å². The first kappa shape index (κ1) is 13.8. The molecule has 0 spiro atoms. The monoisotopic (exact) mass is 322 g/mol. The van der Waals surface area contributed by atoms with Gasteiger partial charge in [0.15, 0.2) is 0 Å². The van der Waals surface area contributed by atoms with Crippen LogP contribution in [0.25, 0.3) is 10.9 Å². The molecule has 1 aliphatic carbocycles. The number of aromatic nitrogens is 1. The van der Waals surface area contributed by atoms with Crippen LogP contribution in [0.2, 0.25) is 0 Å². The molecule has 0 unspecified atom stereocenters. The highest BCUT2D eigenvalue weighted by Gasteiger charge is 2.31. The third kappa shape index (κ3) is 2.15. The molecule has 0 saturated carbocycles. The van der Waals surface area contributed by atoms with E-state index in [0.29, 0.717) is 16.8 Å². The van der Waals surface area contributed by atoms with Gasteiger partial charge in [-0.15, -0.1) is 0 Å². The largest absolute Gasteiger partial charge is 0.361 e. The number of anilines is 1.